The zero-order valence-electron chi connectivity index (χ0n) is 7.90. The van der Waals surface area contributed by atoms with E-state index in [2.05, 4.69) is 15.3 Å². The second kappa shape index (κ2) is 3.83. The lowest BCUT2D eigenvalue weighted by molar-refractivity contribution is 0.102. The molecule has 15 heavy (non-hydrogen) atoms. The van der Waals surface area contributed by atoms with E-state index in [-0.39, 0.29) is 5.91 Å². The molecular formula is C10H10N4O. The average molecular weight is 202 g/mol. The Labute approximate surface area is 86.3 Å². The molecule has 0 radical (unpaired) electrons. The van der Waals surface area contributed by atoms with Crippen LogP contribution in [-0.2, 0) is 0 Å². The molecule has 0 spiro atoms. The largest absolute Gasteiger partial charge is 0.397 e. The molecule has 5 heteroatoms. The van der Waals surface area contributed by atoms with Gasteiger partial charge in [0.05, 0.1) is 11.9 Å². The van der Waals surface area contributed by atoms with Crippen molar-refractivity contribution in [2.24, 2.45) is 0 Å². The van der Waals surface area contributed by atoms with Crippen molar-refractivity contribution in [2.45, 2.75) is 0 Å². The van der Waals surface area contributed by atoms with E-state index in [1.165, 1.54) is 6.20 Å². The number of nitrogens with one attached hydrogen (secondary N) is 2. The highest BCUT2D eigenvalue weighted by atomic mass is 16.1. The van der Waals surface area contributed by atoms with E-state index < -0.39 is 0 Å². The van der Waals surface area contributed by atoms with Crippen molar-refractivity contribution in [3.63, 3.8) is 0 Å². The number of carbonyl (C=O) groups is 1. The third-order valence-electron chi connectivity index (χ3n) is 1.87. The summed E-state index contributed by atoms with van der Waals surface area (Å²) in [6.07, 6.45) is 3.18. The standard InChI is InChI=1S/C10H10N4O/c11-7-3-4-9(13-6-7)14-10(15)8-2-1-5-12-8/h1-6,12H,11H2,(H,13,14,15). The molecule has 0 unspecified atom stereocenters. The van der Waals surface area contributed by atoms with Crippen LogP contribution in [-0.4, -0.2) is 15.9 Å². The lowest BCUT2D eigenvalue weighted by Crippen LogP contribution is -2.13. The molecule has 2 rings (SSSR count). The molecule has 0 saturated heterocycles. The van der Waals surface area contributed by atoms with E-state index in [1.807, 2.05) is 0 Å². The molecule has 76 valence electrons. The number of nitrogens with zero attached hydrogens (tertiary/aromatic N) is 1. The van der Waals surface area contributed by atoms with Gasteiger partial charge in [0, 0.05) is 6.20 Å². The minimum absolute atomic E-state index is 0.225. The van der Waals surface area contributed by atoms with Gasteiger partial charge in [0.25, 0.3) is 5.91 Å². The van der Waals surface area contributed by atoms with Gasteiger partial charge in [-0.3, -0.25) is 4.79 Å². The maximum absolute atomic E-state index is 11.5. The van der Waals surface area contributed by atoms with Crippen LogP contribution in [0.15, 0.2) is 36.7 Å². The Balaban J connectivity index is 2.09. The van der Waals surface area contributed by atoms with E-state index >= 15 is 0 Å². The van der Waals surface area contributed by atoms with Crippen molar-refractivity contribution in [3.05, 3.63) is 42.4 Å². The Kier molecular flexibility index (Phi) is 2.37. The number of hydrogen-bond acceptors (Lipinski definition) is 3. The first-order valence-corrected chi connectivity index (χ1v) is 4.42. The van der Waals surface area contributed by atoms with Crippen LogP contribution in [0.1, 0.15) is 10.5 Å². The fourth-order valence-electron chi connectivity index (χ4n) is 1.13. The first-order chi connectivity index (χ1) is 7.25. The van der Waals surface area contributed by atoms with Gasteiger partial charge in [0.15, 0.2) is 0 Å². The summed E-state index contributed by atoms with van der Waals surface area (Å²) in [6.45, 7) is 0. The van der Waals surface area contributed by atoms with Gasteiger partial charge in [-0.2, -0.15) is 0 Å². The predicted molar refractivity (Wildman–Crippen MR) is 57.4 cm³/mol. The summed E-state index contributed by atoms with van der Waals surface area (Å²) in [4.78, 5) is 18.3. The van der Waals surface area contributed by atoms with Crippen molar-refractivity contribution in [3.8, 4) is 0 Å². The molecule has 5 nitrogen and oxygen atoms in total. The first-order valence-electron chi connectivity index (χ1n) is 4.42. The number of aromatic nitrogens is 2. The fraction of sp³-hybridized carbons (Fsp3) is 0. The van der Waals surface area contributed by atoms with Gasteiger partial charge in [0.2, 0.25) is 0 Å². The molecule has 0 aliphatic rings. The highest BCUT2D eigenvalue weighted by Crippen LogP contribution is 2.07. The van der Waals surface area contributed by atoms with E-state index in [0.29, 0.717) is 17.2 Å². The Bertz CT molecular complexity index is 447. The third kappa shape index (κ3) is 2.14. The number of rotatable bonds is 2. The average Bonchev–Trinajstić information content (AvgIpc) is 2.74. The minimum Gasteiger partial charge on any atom is -0.397 e. The topological polar surface area (TPSA) is 83.8 Å². The molecule has 0 saturated carbocycles. The Morgan fingerprint density at radius 2 is 2.27 bits per heavy atom. The summed E-state index contributed by atoms with van der Waals surface area (Å²) in [5.74, 6) is 0.251. The van der Waals surface area contributed by atoms with E-state index in [0.717, 1.165) is 0 Å². The summed E-state index contributed by atoms with van der Waals surface area (Å²) >= 11 is 0. The molecule has 1 amide bonds. The molecule has 0 atom stereocenters. The molecule has 0 bridgehead atoms. The maximum atomic E-state index is 11.5. The Morgan fingerprint density at radius 3 is 2.87 bits per heavy atom. The van der Waals surface area contributed by atoms with Crippen LogP contribution in [0.2, 0.25) is 0 Å². The molecule has 0 aromatic carbocycles. The van der Waals surface area contributed by atoms with Crippen LogP contribution in [0.5, 0.6) is 0 Å². The zero-order chi connectivity index (χ0) is 10.7. The zero-order valence-corrected chi connectivity index (χ0v) is 7.90. The summed E-state index contributed by atoms with van der Waals surface area (Å²) in [5, 5.41) is 2.63. The molecule has 4 N–H and O–H groups in total. The predicted octanol–water partition coefficient (Wildman–Crippen LogP) is 1.24. The van der Waals surface area contributed by atoms with Crippen molar-refractivity contribution in [1.82, 2.24) is 9.97 Å². The molecule has 2 aromatic rings. The van der Waals surface area contributed by atoms with Crippen molar-refractivity contribution < 1.29 is 4.79 Å². The van der Waals surface area contributed by atoms with E-state index in [1.54, 1.807) is 30.5 Å². The third-order valence-corrected chi connectivity index (χ3v) is 1.87. The maximum Gasteiger partial charge on any atom is 0.273 e. The van der Waals surface area contributed by atoms with Crippen molar-refractivity contribution in [1.29, 1.82) is 0 Å². The van der Waals surface area contributed by atoms with Crippen LogP contribution >= 0.6 is 0 Å². The van der Waals surface area contributed by atoms with Gasteiger partial charge in [0.1, 0.15) is 11.5 Å². The molecule has 0 aliphatic heterocycles. The number of aromatic amines is 1. The highest BCUT2D eigenvalue weighted by molar-refractivity contribution is 6.02. The summed E-state index contributed by atoms with van der Waals surface area (Å²) < 4.78 is 0. The van der Waals surface area contributed by atoms with Crippen LogP contribution in [0.25, 0.3) is 0 Å². The van der Waals surface area contributed by atoms with Crippen LogP contribution in [0, 0.1) is 0 Å². The lowest BCUT2D eigenvalue weighted by atomic mass is 10.4. The van der Waals surface area contributed by atoms with Crippen LogP contribution in [0.4, 0.5) is 11.5 Å². The molecule has 0 aliphatic carbocycles. The molecular weight excluding hydrogens is 192 g/mol. The van der Waals surface area contributed by atoms with Crippen molar-refractivity contribution >= 4 is 17.4 Å². The molecule has 2 aromatic heterocycles. The second-order valence-corrected chi connectivity index (χ2v) is 3.01. The van der Waals surface area contributed by atoms with E-state index in [4.69, 9.17) is 5.73 Å². The van der Waals surface area contributed by atoms with E-state index in [9.17, 15) is 4.79 Å². The first kappa shape index (κ1) is 9.26. The Morgan fingerprint density at radius 1 is 1.40 bits per heavy atom. The molecule has 0 fully saturated rings. The number of anilines is 2. The lowest BCUT2D eigenvalue weighted by Gasteiger charge is -2.02. The SMILES string of the molecule is Nc1ccc(NC(=O)c2ccc[nH]2)nc1. The fourth-order valence-corrected chi connectivity index (χ4v) is 1.13. The number of nitrogen functional groups attached to an aromatic ring is 1. The number of H-pyrrole nitrogens is 1. The molecule has 2 heterocycles. The normalized spacial score (nSPS) is 9.87. The number of nitrogens with two attached hydrogens (primary N) is 1. The van der Waals surface area contributed by atoms with Gasteiger partial charge >= 0.3 is 0 Å². The summed E-state index contributed by atoms with van der Waals surface area (Å²) in [5.41, 5.74) is 6.53. The summed E-state index contributed by atoms with van der Waals surface area (Å²) in [7, 11) is 0. The monoisotopic (exact) mass is 202 g/mol. The van der Waals surface area contributed by atoms with Gasteiger partial charge < -0.3 is 16.0 Å². The van der Waals surface area contributed by atoms with Crippen molar-refractivity contribution in [2.75, 3.05) is 11.1 Å². The van der Waals surface area contributed by atoms with Gasteiger partial charge in [-0.05, 0) is 24.3 Å². The van der Waals surface area contributed by atoms with Gasteiger partial charge in [-0.15, -0.1) is 0 Å². The second-order valence-electron chi connectivity index (χ2n) is 3.01. The highest BCUT2D eigenvalue weighted by Gasteiger charge is 2.06. The quantitative estimate of drug-likeness (QED) is 0.685. The van der Waals surface area contributed by atoms with Crippen LogP contribution in [0.3, 0.4) is 0 Å². The number of amides is 1. The Hall–Kier alpha value is -2.30. The summed E-state index contributed by atoms with van der Waals surface area (Å²) in [6, 6.07) is 6.77. The number of hydrogen-bond donors (Lipinski definition) is 3. The number of pyridine rings is 1. The number of carbonyl (C=O) groups excluding carboxylic acids is 1. The van der Waals surface area contributed by atoms with Crippen LogP contribution < -0.4 is 11.1 Å². The smallest absolute Gasteiger partial charge is 0.273 e. The van der Waals surface area contributed by atoms with Gasteiger partial charge in [-0.1, -0.05) is 0 Å². The minimum atomic E-state index is -0.225. The van der Waals surface area contributed by atoms with Gasteiger partial charge in [-0.25, -0.2) is 4.98 Å².